The van der Waals surface area contributed by atoms with Crippen molar-refractivity contribution < 1.29 is 33.6 Å². The van der Waals surface area contributed by atoms with E-state index in [9.17, 15) is 28.8 Å². The second kappa shape index (κ2) is 8.75. The quantitative estimate of drug-likeness (QED) is 0.255. The molecular weight excluding hydrogens is 418 g/mol. The van der Waals surface area contributed by atoms with Crippen LogP contribution in [0.2, 0.25) is 0 Å². The molecule has 1 aliphatic rings. The zero-order chi connectivity index (χ0) is 22.1. The number of nitrogens with zero attached hydrogens (tertiary/aromatic N) is 4. The minimum Gasteiger partial charge on any atom is -0.394 e. The van der Waals surface area contributed by atoms with Gasteiger partial charge >= 0.3 is 0 Å². The summed E-state index contributed by atoms with van der Waals surface area (Å²) in [6.07, 6.45) is -5.55. The van der Waals surface area contributed by atoms with Crippen molar-refractivity contribution in [3.05, 3.63) is 30.1 Å². The van der Waals surface area contributed by atoms with Gasteiger partial charge in [-0.2, -0.15) is 13.5 Å². The minimum absolute atomic E-state index is 0.00552. The lowest BCUT2D eigenvalue weighted by Crippen LogP contribution is -2.55. The lowest BCUT2D eigenvalue weighted by molar-refractivity contribution is -0.233. The van der Waals surface area contributed by atoms with E-state index in [0.717, 1.165) is 0 Å². The summed E-state index contributed by atoms with van der Waals surface area (Å²) in [7, 11) is -0.541. The van der Waals surface area contributed by atoms with Crippen LogP contribution >= 0.6 is 0 Å². The average molecular weight is 441 g/mol. The molecule has 0 radical (unpaired) electrons. The molecule has 1 aromatic heterocycles. The van der Waals surface area contributed by atoms with Crippen molar-refractivity contribution in [2.75, 3.05) is 20.7 Å². The van der Waals surface area contributed by atoms with Crippen LogP contribution in [0.25, 0.3) is 11.4 Å². The number of hydrogen-bond acceptors (Lipinski definition) is 9. The van der Waals surface area contributed by atoms with Gasteiger partial charge in [-0.05, 0) is 24.3 Å². The van der Waals surface area contributed by atoms with Gasteiger partial charge in [-0.1, -0.05) is 0 Å². The maximum atomic E-state index is 12.2. The molecule has 0 bridgehead atoms. The van der Waals surface area contributed by atoms with Gasteiger partial charge in [-0.3, -0.25) is 5.10 Å². The monoisotopic (exact) mass is 441 g/mol. The predicted molar refractivity (Wildman–Crippen MR) is 104 cm³/mol. The molecule has 12 nitrogen and oxygen atoms in total. The molecule has 13 heteroatoms. The number of nitrogens with one attached hydrogen (secondary N) is 1. The van der Waals surface area contributed by atoms with Crippen LogP contribution in [0, 0.1) is 0 Å². The van der Waals surface area contributed by atoms with E-state index >= 15 is 0 Å². The van der Waals surface area contributed by atoms with E-state index in [1.165, 1.54) is 35.5 Å². The van der Waals surface area contributed by atoms with Gasteiger partial charge in [0.15, 0.2) is 11.6 Å². The Kier molecular flexibility index (Phi) is 6.50. The summed E-state index contributed by atoms with van der Waals surface area (Å²) in [5, 5.41) is 45.9. The highest BCUT2D eigenvalue weighted by Crippen LogP contribution is 2.31. The molecule has 5 atom stereocenters. The van der Waals surface area contributed by atoms with Crippen molar-refractivity contribution in [2.24, 2.45) is 4.40 Å². The first-order valence-corrected chi connectivity index (χ1v) is 10.4. The van der Waals surface area contributed by atoms with Gasteiger partial charge in [0.2, 0.25) is 0 Å². The van der Waals surface area contributed by atoms with E-state index in [1.54, 1.807) is 14.1 Å². The summed E-state index contributed by atoms with van der Waals surface area (Å²) in [5.74, 6) is 0.275. The number of aromatic amines is 1. The maximum Gasteiger partial charge on any atom is 0.283 e. The van der Waals surface area contributed by atoms with Crippen molar-refractivity contribution in [1.29, 1.82) is 0 Å². The fourth-order valence-corrected chi connectivity index (χ4v) is 3.77. The molecular formula is C17H23N5O7S. The number of H-pyrrole nitrogens is 1. The molecule has 3 rings (SSSR count). The van der Waals surface area contributed by atoms with E-state index in [4.69, 9.17) is 4.74 Å². The van der Waals surface area contributed by atoms with Crippen molar-refractivity contribution in [2.45, 2.75) is 35.4 Å². The molecule has 1 aromatic carbocycles. The summed E-state index contributed by atoms with van der Waals surface area (Å²) < 4.78 is 33.3. The molecule has 0 aliphatic carbocycles. The largest absolute Gasteiger partial charge is 0.394 e. The molecule has 0 spiro atoms. The summed E-state index contributed by atoms with van der Waals surface area (Å²) in [4.78, 5) is 5.72. The van der Waals surface area contributed by atoms with Crippen molar-refractivity contribution in [3.8, 4) is 11.4 Å². The molecule has 5 N–H and O–H groups in total. The normalized spacial score (nSPS) is 27.5. The molecule has 1 aliphatic heterocycles. The Balaban J connectivity index is 1.81. The van der Waals surface area contributed by atoms with Crippen LogP contribution in [0.5, 0.6) is 0 Å². The molecule has 30 heavy (non-hydrogen) atoms. The van der Waals surface area contributed by atoms with Crippen LogP contribution in [-0.2, 0) is 14.8 Å². The molecule has 0 amide bonds. The van der Waals surface area contributed by atoms with Gasteiger partial charge in [0.1, 0.15) is 36.9 Å². The lowest BCUT2D eigenvalue weighted by Gasteiger charge is -2.38. The highest BCUT2D eigenvalue weighted by molar-refractivity contribution is 7.90. The molecule has 0 unspecified atom stereocenters. The average Bonchev–Trinajstić information content (AvgIpc) is 3.21. The van der Waals surface area contributed by atoms with Crippen molar-refractivity contribution >= 4 is 16.4 Å². The Bertz CT molecular complexity index is 990. The van der Waals surface area contributed by atoms with Crippen molar-refractivity contribution in [1.82, 2.24) is 20.1 Å². The number of ether oxygens (including phenoxy) is 1. The van der Waals surface area contributed by atoms with E-state index in [-0.39, 0.29) is 16.5 Å². The molecule has 164 valence electrons. The van der Waals surface area contributed by atoms with E-state index < -0.39 is 47.2 Å². The number of aromatic nitrogens is 3. The standard InChI is InChI=1S/C17H23N5O7S/c1-22(2)8-18-30(27,28)10-5-3-9(4-6-10)16-19-17(21-20-16)15-14(26)13(25)12(24)11(7-23)29-15/h3-6,8,11-15,23-26H,7H2,1-2H3,(H,19,20,21)/t11-,12-,13+,14-,15-/m1/s1. The van der Waals surface area contributed by atoms with Gasteiger partial charge in [0, 0.05) is 19.7 Å². The number of aliphatic hydroxyl groups is 4. The van der Waals surface area contributed by atoms with Gasteiger partial charge in [0.05, 0.1) is 11.5 Å². The second-order valence-electron chi connectivity index (χ2n) is 6.98. The smallest absolute Gasteiger partial charge is 0.283 e. The maximum absolute atomic E-state index is 12.2. The molecule has 2 heterocycles. The number of benzene rings is 1. The van der Waals surface area contributed by atoms with E-state index in [1.807, 2.05) is 0 Å². The Morgan fingerprint density at radius 3 is 2.43 bits per heavy atom. The zero-order valence-electron chi connectivity index (χ0n) is 16.2. The van der Waals surface area contributed by atoms with Crippen LogP contribution in [0.1, 0.15) is 11.9 Å². The summed E-state index contributed by atoms with van der Waals surface area (Å²) in [6, 6.07) is 5.72. The van der Waals surface area contributed by atoms with Gasteiger partial charge in [0.25, 0.3) is 10.0 Å². The first-order valence-electron chi connectivity index (χ1n) is 8.94. The third-order valence-corrected chi connectivity index (χ3v) is 5.73. The zero-order valence-corrected chi connectivity index (χ0v) is 17.0. The highest BCUT2D eigenvalue weighted by atomic mass is 32.2. The Morgan fingerprint density at radius 1 is 1.17 bits per heavy atom. The fourth-order valence-electron chi connectivity index (χ4n) is 2.85. The molecule has 1 saturated heterocycles. The third kappa shape index (κ3) is 4.50. The second-order valence-corrected chi connectivity index (χ2v) is 8.61. The van der Waals surface area contributed by atoms with Crippen LogP contribution in [0.3, 0.4) is 0 Å². The number of aliphatic hydroxyl groups excluding tert-OH is 4. The first-order chi connectivity index (χ1) is 14.1. The summed E-state index contributed by atoms with van der Waals surface area (Å²) in [6.45, 7) is -0.561. The SMILES string of the molecule is CN(C)C=NS(=O)(=O)c1ccc(-c2n[nH]c([C@@H]3O[C@H](CO)[C@@H](O)[C@H](O)[C@H]3O)n2)cc1. The van der Waals surface area contributed by atoms with Gasteiger partial charge in [-0.25, -0.2) is 4.98 Å². The third-order valence-electron chi connectivity index (χ3n) is 4.49. The van der Waals surface area contributed by atoms with Gasteiger partial charge in [-0.15, -0.1) is 4.40 Å². The van der Waals surface area contributed by atoms with Crippen LogP contribution in [0.15, 0.2) is 33.6 Å². The molecule has 0 saturated carbocycles. The first kappa shape index (κ1) is 22.3. The van der Waals surface area contributed by atoms with Crippen LogP contribution < -0.4 is 0 Å². The van der Waals surface area contributed by atoms with Crippen LogP contribution in [0.4, 0.5) is 0 Å². The minimum atomic E-state index is -3.84. The topological polar surface area (TPSA) is 181 Å². The Morgan fingerprint density at radius 2 is 1.83 bits per heavy atom. The molecule has 1 fully saturated rings. The highest BCUT2D eigenvalue weighted by Gasteiger charge is 2.45. The van der Waals surface area contributed by atoms with Crippen LogP contribution in [-0.4, -0.2) is 100 Å². The van der Waals surface area contributed by atoms with Crippen molar-refractivity contribution in [3.63, 3.8) is 0 Å². The Hall–Kier alpha value is -2.42. The predicted octanol–water partition coefficient (Wildman–Crippen LogP) is -1.73. The summed E-state index contributed by atoms with van der Waals surface area (Å²) in [5.41, 5.74) is 0.484. The molecule has 2 aromatic rings. The lowest BCUT2D eigenvalue weighted by atomic mass is 9.95. The number of hydrogen-bond donors (Lipinski definition) is 5. The Labute approximate surface area is 172 Å². The fraction of sp³-hybridized carbons (Fsp3) is 0.471. The summed E-state index contributed by atoms with van der Waals surface area (Å²) >= 11 is 0. The number of rotatable bonds is 6. The van der Waals surface area contributed by atoms with E-state index in [2.05, 4.69) is 19.6 Å². The number of sulfonamides is 1. The van der Waals surface area contributed by atoms with Gasteiger partial charge < -0.3 is 30.1 Å². The van der Waals surface area contributed by atoms with E-state index in [0.29, 0.717) is 5.56 Å².